The first-order valence-corrected chi connectivity index (χ1v) is 5.30. The van der Waals surface area contributed by atoms with Crippen LogP contribution in [-0.2, 0) is 13.0 Å². The molecule has 2 aromatic rings. The van der Waals surface area contributed by atoms with Crippen LogP contribution in [-0.4, -0.2) is 14.8 Å². The van der Waals surface area contributed by atoms with E-state index in [2.05, 4.69) is 21.7 Å². The second-order valence-electron chi connectivity index (χ2n) is 4.17. The normalized spacial score (nSPS) is 20.2. The Labute approximate surface area is 87.9 Å². The van der Waals surface area contributed by atoms with Crippen molar-refractivity contribution in [3.63, 3.8) is 0 Å². The van der Waals surface area contributed by atoms with Crippen LogP contribution in [0.1, 0.15) is 19.2 Å². The van der Waals surface area contributed by atoms with Gasteiger partial charge in [-0.2, -0.15) is 0 Å². The van der Waals surface area contributed by atoms with Gasteiger partial charge in [-0.05, 0) is 24.5 Å². The molecule has 0 saturated heterocycles. The monoisotopic (exact) mass is 203 g/mol. The van der Waals surface area contributed by atoms with Crippen molar-refractivity contribution in [2.75, 3.05) is 0 Å². The van der Waals surface area contributed by atoms with E-state index in [-0.39, 0.29) is 0 Å². The van der Waals surface area contributed by atoms with E-state index >= 15 is 0 Å². The zero-order chi connectivity index (χ0) is 10.3. The Kier molecular flexibility index (Phi) is 1.87. The van der Waals surface area contributed by atoms with Gasteiger partial charge in [-0.25, -0.2) is 0 Å². The lowest BCUT2D eigenvalue weighted by Gasteiger charge is -2.19. The summed E-state index contributed by atoms with van der Waals surface area (Å²) in [6, 6.07) is 3.80. The smallest absolute Gasteiger partial charge is 0.199 e. The second kappa shape index (κ2) is 3.22. The summed E-state index contributed by atoms with van der Waals surface area (Å²) in [4.78, 5) is 0. The maximum atomic E-state index is 5.35. The molecule has 1 aliphatic rings. The molecule has 0 saturated carbocycles. The van der Waals surface area contributed by atoms with E-state index in [1.165, 1.54) is 6.42 Å². The number of hydrogen-bond donors (Lipinski definition) is 0. The predicted molar refractivity (Wildman–Crippen MR) is 55.2 cm³/mol. The van der Waals surface area contributed by atoms with Gasteiger partial charge < -0.3 is 8.98 Å². The van der Waals surface area contributed by atoms with Crippen molar-refractivity contribution in [2.24, 2.45) is 5.92 Å². The third-order valence-corrected chi connectivity index (χ3v) is 2.95. The first-order valence-electron chi connectivity index (χ1n) is 5.30. The van der Waals surface area contributed by atoms with E-state index < -0.39 is 0 Å². The van der Waals surface area contributed by atoms with Gasteiger partial charge in [0.25, 0.3) is 0 Å². The Morgan fingerprint density at radius 3 is 3.20 bits per heavy atom. The molecule has 4 nitrogen and oxygen atoms in total. The molecule has 1 atom stereocenters. The lowest BCUT2D eigenvalue weighted by molar-refractivity contribution is 0.409. The fourth-order valence-electron chi connectivity index (χ4n) is 2.07. The number of hydrogen-bond acceptors (Lipinski definition) is 3. The average Bonchev–Trinajstić information content (AvgIpc) is 2.82. The highest BCUT2D eigenvalue weighted by Crippen LogP contribution is 2.25. The Hall–Kier alpha value is -1.58. The van der Waals surface area contributed by atoms with E-state index in [0.717, 1.165) is 30.4 Å². The lowest BCUT2D eigenvalue weighted by Crippen LogP contribution is -2.17. The van der Waals surface area contributed by atoms with E-state index in [4.69, 9.17) is 4.42 Å². The van der Waals surface area contributed by atoms with Crippen LogP contribution >= 0.6 is 0 Å². The highest BCUT2D eigenvalue weighted by atomic mass is 16.3. The summed E-state index contributed by atoms with van der Waals surface area (Å²) in [5.74, 6) is 3.47. The Balaban J connectivity index is 2.05. The Morgan fingerprint density at radius 2 is 2.40 bits per heavy atom. The highest BCUT2D eigenvalue weighted by Gasteiger charge is 2.21. The van der Waals surface area contributed by atoms with Crippen molar-refractivity contribution in [1.82, 2.24) is 14.8 Å². The summed E-state index contributed by atoms with van der Waals surface area (Å²) in [6.07, 6.45) is 3.88. The average molecular weight is 203 g/mol. The van der Waals surface area contributed by atoms with Crippen LogP contribution < -0.4 is 0 Å². The molecule has 0 amide bonds. The van der Waals surface area contributed by atoms with E-state index in [9.17, 15) is 0 Å². The van der Waals surface area contributed by atoms with E-state index in [0.29, 0.717) is 5.92 Å². The minimum atomic E-state index is 0.714. The van der Waals surface area contributed by atoms with Crippen molar-refractivity contribution < 1.29 is 4.42 Å². The molecule has 3 rings (SSSR count). The van der Waals surface area contributed by atoms with Crippen LogP contribution in [0.3, 0.4) is 0 Å². The number of fused-ring (bicyclic) bond motifs is 1. The molecule has 2 aromatic heterocycles. The number of nitrogens with zero attached hydrogens (tertiary/aromatic N) is 3. The zero-order valence-corrected chi connectivity index (χ0v) is 8.68. The Morgan fingerprint density at radius 1 is 1.47 bits per heavy atom. The summed E-state index contributed by atoms with van der Waals surface area (Å²) in [5, 5.41) is 8.41. The van der Waals surface area contributed by atoms with Gasteiger partial charge in [-0.3, -0.25) is 0 Å². The second-order valence-corrected chi connectivity index (χ2v) is 4.17. The molecule has 0 aromatic carbocycles. The largest absolute Gasteiger partial charge is 0.461 e. The molecule has 3 heterocycles. The van der Waals surface area contributed by atoms with Crippen LogP contribution in [0, 0.1) is 5.92 Å². The Bertz CT molecular complexity index is 458. The molecule has 0 N–H and O–H groups in total. The molecule has 0 fully saturated rings. The van der Waals surface area contributed by atoms with E-state index in [1.807, 2.05) is 12.1 Å². The first kappa shape index (κ1) is 8.71. The molecular weight excluding hydrogens is 190 g/mol. The molecule has 1 aliphatic heterocycles. The molecule has 0 spiro atoms. The number of rotatable bonds is 1. The molecule has 0 bridgehead atoms. The van der Waals surface area contributed by atoms with Crippen molar-refractivity contribution in [3.05, 3.63) is 24.2 Å². The molecular formula is C11H13N3O. The van der Waals surface area contributed by atoms with Crippen LogP contribution in [0.2, 0.25) is 0 Å². The van der Waals surface area contributed by atoms with Crippen molar-refractivity contribution in [2.45, 2.75) is 26.3 Å². The van der Waals surface area contributed by atoms with Gasteiger partial charge in [-0.15, -0.1) is 10.2 Å². The topological polar surface area (TPSA) is 43.9 Å². The third kappa shape index (κ3) is 1.37. The highest BCUT2D eigenvalue weighted by molar-refractivity contribution is 5.46. The van der Waals surface area contributed by atoms with Crippen LogP contribution in [0.15, 0.2) is 22.8 Å². The van der Waals surface area contributed by atoms with Gasteiger partial charge in [-0.1, -0.05) is 6.92 Å². The van der Waals surface area contributed by atoms with Crippen molar-refractivity contribution >= 4 is 0 Å². The minimum absolute atomic E-state index is 0.714. The van der Waals surface area contributed by atoms with Gasteiger partial charge in [0.05, 0.1) is 6.26 Å². The van der Waals surface area contributed by atoms with Gasteiger partial charge >= 0.3 is 0 Å². The molecule has 1 unspecified atom stereocenters. The summed E-state index contributed by atoms with van der Waals surface area (Å²) >= 11 is 0. The summed E-state index contributed by atoms with van der Waals surface area (Å²) in [6.45, 7) is 3.25. The summed E-state index contributed by atoms with van der Waals surface area (Å²) in [5.41, 5.74) is 0. The number of furan rings is 1. The third-order valence-electron chi connectivity index (χ3n) is 2.95. The fraction of sp³-hybridized carbons (Fsp3) is 0.455. The lowest BCUT2D eigenvalue weighted by atomic mass is 10.0. The fourth-order valence-corrected chi connectivity index (χ4v) is 2.07. The van der Waals surface area contributed by atoms with Gasteiger partial charge in [0.15, 0.2) is 11.6 Å². The van der Waals surface area contributed by atoms with E-state index in [1.54, 1.807) is 6.26 Å². The molecule has 0 aliphatic carbocycles. The van der Waals surface area contributed by atoms with Gasteiger partial charge in [0.1, 0.15) is 5.82 Å². The van der Waals surface area contributed by atoms with Gasteiger partial charge in [0, 0.05) is 13.0 Å². The van der Waals surface area contributed by atoms with Crippen molar-refractivity contribution in [3.8, 4) is 11.6 Å². The molecule has 15 heavy (non-hydrogen) atoms. The zero-order valence-electron chi connectivity index (χ0n) is 8.68. The molecule has 4 heteroatoms. The van der Waals surface area contributed by atoms with Crippen molar-refractivity contribution in [1.29, 1.82) is 0 Å². The minimum Gasteiger partial charge on any atom is -0.461 e. The quantitative estimate of drug-likeness (QED) is 0.713. The summed E-state index contributed by atoms with van der Waals surface area (Å²) < 4.78 is 7.51. The maximum Gasteiger partial charge on any atom is 0.199 e. The first-order chi connectivity index (χ1) is 7.34. The standard InChI is InChI=1S/C11H13N3O/c1-8-4-5-14-10(7-8)12-13-11(14)9-3-2-6-15-9/h2-3,6,8H,4-5,7H2,1H3. The summed E-state index contributed by atoms with van der Waals surface area (Å²) in [7, 11) is 0. The van der Waals surface area contributed by atoms with Crippen LogP contribution in [0.25, 0.3) is 11.6 Å². The van der Waals surface area contributed by atoms with Crippen LogP contribution in [0.4, 0.5) is 0 Å². The van der Waals surface area contributed by atoms with Crippen LogP contribution in [0.5, 0.6) is 0 Å². The predicted octanol–water partition coefficient (Wildman–Crippen LogP) is 2.12. The molecule has 78 valence electrons. The van der Waals surface area contributed by atoms with Gasteiger partial charge in [0.2, 0.25) is 0 Å². The maximum absolute atomic E-state index is 5.35. The SMILES string of the molecule is CC1CCn2c(nnc2-c2ccco2)C1. The molecule has 0 radical (unpaired) electrons. The number of aromatic nitrogens is 3.